The minimum atomic E-state index is -2.35. The number of hydrogen-bond acceptors (Lipinski definition) is 2. The summed E-state index contributed by atoms with van der Waals surface area (Å²) < 4.78 is 21.2. The predicted octanol–water partition coefficient (Wildman–Crippen LogP) is -0.878. The first-order valence-corrected chi connectivity index (χ1v) is 2.83. The third-order valence-electron chi connectivity index (χ3n) is 0.287. The van der Waals surface area contributed by atoms with Crippen LogP contribution in [0.15, 0.2) is 0 Å². The summed E-state index contributed by atoms with van der Waals surface area (Å²) in [6, 6.07) is 0. The van der Waals surface area contributed by atoms with Crippen LogP contribution < -0.4 is 4.72 Å². The minimum absolute atomic E-state index is 0.485. The van der Waals surface area contributed by atoms with E-state index < -0.39 is 10.9 Å². The van der Waals surface area contributed by atoms with Crippen molar-refractivity contribution >= 4 is 10.9 Å². The van der Waals surface area contributed by atoms with Crippen LogP contribution in [0.5, 0.6) is 0 Å². The Balaban J connectivity index is 3.07. The Hall–Kier alpha value is -0.0900. The molecular weight excluding hydrogens is 102 g/mol. The zero-order chi connectivity index (χ0) is 4.99. The maximum atomic E-state index is 9.53. The van der Waals surface area contributed by atoms with Gasteiger partial charge in [-0.05, 0) is 0 Å². The van der Waals surface area contributed by atoms with Crippen LogP contribution in [0.1, 0.15) is 6.92 Å². The molecule has 0 aliphatic rings. The molecule has 0 bridgehead atoms. The van der Waals surface area contributed by atoms with E-state index in [2.05, 4.69) is 4.72 Å². The molecule has 0 aromatic rings. The highest BCUT2D eigenvalue weighted by atomic mass is 32.2. The summed E-state index contributed by atoms with van der Waals surface area (Å²) in [5, 5.41) is 0. The third-order valence-corrected chi connectivity index (χ3v) is 0.862. The molecule has 0 aromatic heterocycles. The van der Waals surface area contributed by atoms with E-state index in [1.807, 2.05) is 0 Å². The second-order valence-electron chi connectivity index (χ2n) is 0.769. The van der Waals surface area contributed by atoms with E-state index in [9.17, 15) is 8.42 Å². The molecule has 0 aliphatic carbocycles. The fraction of sp³-hybridized carbons (Fsp3) is 1.00. The van der Waals surface area contributed by atoms with Gasteiger partial charge < -0.3 is 0 Å². The van der Waals surface area contributed by atoms with Gasteiger partial charge >= 0.3 is 0 Å². The zero-order valence-corrected chi connectivity index (χ0v) is 4.37. The van der Waals surface area contributed by atoms with Crippen molar-refractivity contribution in [1.82, 2.24) is 4.72 Å². The maximum Gasteiger partial charge on any atom is 0.201 e. The van der Waals surface area contributed by atoms with E-state index in [-0.39, 0.29) is 0 Å². The summed E-state index contributed by atoms with van der Waals surface area (Å²) >= 11 is 0. The van der Waals surface area contributed by atoms with Crippen LogP contribution in [-0.4, -0.2) is 15.0 Å². The van der Waals surface area contributed by atoms with Gasteiger partial charge in [-0.2, -0.15) is 0 Å². The zero-order valence-electron chi connectivity index (χ0n) is 3.47. The monoisotopic (exact) mass is 109 g/mol. The Morgan fingerprint density at radius 1 is 1.67 bits per heavy atom. The molecule has 0 spiro atoms. The van der Waals surface area contributed by atoms with Crippen molar-refractivity contribution in [1.29, 1.82) is 0 Å². The van der Waals surface area contributed by atoms with Gasteiger partial charge in [0.1, 0.15) is 0 Å². The molecular formula is C2H7NO2S. The normalized spacial score (nSPS) is 9.67. The highest BCUT2D eigenvalue weighted by molar-refractivity contribution is 7.70. The second-order valence-corrected chi connectivity index (χ2v) is 1.60. The average Bonchev–Trinajstić information content (AvgIpc) is 1.35. The summed E-state index contributed by atoms with van der Waals surface area (Å²) in [7, 11) is -2.35. The number of thiol groups is 1. The van der Waals surface area contributed by atoms with Gasteiger partial charge in [-0.3, -0.25) is 0 Å². The molecule has 4 heteroatoms. The fourth-order valence-electron chi connectivity index (χ4n) is 0.129. The molecule has 1 N–H and O–H groups in total. The molecule has 0 amide bonds. The molecule has 6 heavy (non-hydrogen) atoms. The van der Waals surface area contributed by atoms with Gasteiger partial charge in [0.2, 0.25) is 10.9 Å². The van der Waals surface area contributed by atoms with Crippen molar-refractivity contribution in [3.8, 4) is 0 Å². The molecule has 0 unspecified atom stereocenters. The van der Waals surface area contributed by atoms with E-state index in [4.69, 9.17) is 0 Å². The molecule has 0 saturated heterocycles. The van der Waals surface area contributed by atoms with Gasteiger partial charge in [-0.15, -0.1) is 0 Å². The molecule has 3 nitrogen and oxygen atoms in total. The summed E-state index contributed by atoms with van der Waals surface area (Å²) in [5.74, 6) is 0. The average molecular weight is 109 g/mol. The van der Waals surface area contributed by atoms with Crippen molar-refractivity contribution in [2.75, 3.05) is 6.54 Å². The standard InChI is InChI=1S/C2H7NO2S/c1-2-3-6(4)5/h6H,2H2,1H3,(H,3,4,5). The smallest absolute Gasteiger partial charge is 0.201 e. The second kappa shape index (κ2) is 3.11. The third kappa shape index (κ3) is 3.91. The van der Waals surface area contributed by atoms with E-state index >= 15 is 0 Å². The quantitative estimate of drug-likeness (QED) is 0.452. The van der Waals surface area contributed by atoms with Crippen LogP contribution >= 0.6 is 0 Å². The SMILES string of the molecule is CCN[SH](=O)=O. The molecule has 0 aliphatic heterocycles. The van der Waals surface area contributed by atoms with Crippen LogP contribution in [0.2, 0.25) is 0 Å². The molecule has 38 valence electrons. The van der Waals surface area contributed by atoms with Gasteiger partial charge in [0, 0.05) is 6.54 Å². The van der Waals surface area contributed by atoms with Crippen molar-refractivity contribution in [3.05, 3.63) is 0 Å². The number of hydrogen-bond donors (Lipinski definition) is 2. The summed E-state index contributed by atoms with van der Waals surface area (Å²) in [6.07, 6.45) is 0. The maximum absolute atomic E-state index is 9.53. The van der Waals surface area contributed by atoms with E-state index in [1.165, 1.54) is 0 Å². The van der Waals surface area contributed by atoms with Crippen molar-refractivity contribution in [3.63, 3.8) is 0 Å². The van der Waals surface area contributed by atoms with Crippen molar-refractivity contribution < 1.29 is 8.42 Å². The van der Waals surface area contributed by atoms with Crippen LogP contribution in [-0.2, 0) is 10.9 Å². The highest BCUT2D eigenvalue weighted by Crippen LogP contribution is 1.47. The minimum Gasteiger partial charge on any atom is -0.218 e. The molecule has 0 aromatic carbocycles. The molecule has 0 radical (unpaired) electrons. The molecule has 0 rings (SSSR count). The fourth-order valence-corrected chi connectivity index (χ4v) is 0.387. The van der Waals surface area contributed by atoms with Crippen molar-refractivity contribution in [2.45, 2.75) is 6.92 Å². The Kier molecular flexibility index (Phi) is 3.07. The van der Waals surface area contributed by atoms with E-state index in [1.54, 1.807) is 6.92 Å². The van der Waals surface area contributed by atoms with E-state index in [0.29, 0.717) is 6.54 Å². The van der Waals surface area contributed by atoms with Gasteiger partial charge in [0.05, 0.1) is 0 Å². The molecule has 0 fully saturated rings. The van der Waals surface area contributed by atoms with Crippen LogP contribution in [0.3, 0.4) is 0 Å². The van der Waals surface area contributed by atoms with Gasteiger partial charge in [-0.25, -0.2) is 13.1 Å². The van der Waals surface area contributed by atoms with Crippen LogP contribution in [0, 0.1) is 0 Å². The largest absolute Gasteiger partial charge is 0.218 e. The van der Waals surface area contributed by atoms with Crippen molar-refractivity contribution in [2.24, 2.45) is 0 Å². The Morgan fingerprint density at radius 3 is 2.17 bits per heavy atom. The molecule has 0 atom stereocenters. The van der Waals surface area contributed by atoms with Gasteiger partial charge in [-0.1, -0.05) is 6.92 Å². The summed E-state index contributed by atoms with van der Waals surface area (Å²) in [4.78, 5) is 0. The van der Waals surface area contributed by atoms with Crippen LogP contribution in [0.25, 0.3) is 0 Å². The lowest BCUT2D eigenvalue weighted by Crippen LogP contribution is -2.08. The highest BCUT2D eigenvalue weighted by Gasteiger charge is 1.70. The van der Waals surface area contributed by atoms with Gasteiger partial charge in [0.25, 0.3) is 0 Å². The molecule has 0 heterocycles. The lowest BCUT2D eigenvalue weighted by Gasteiger charge is -1.78. The Morgan fingerprint density at radius 2 is 2.17 bits per heavy atom. The number of nitrogens with one attached hydrogen (secondary N) is 1. The Labute approximate surface area is 38.4 Å². The number of rotatable bonds is 2. The summed E-state index contributed by atoms with van der Waals surface area (Å²) in [5.41, 5.74) is 0. The first-order chi connectivity index (χ1) is 2.77. The van der Waals surface area contributed by atoms with E-state index in [0.717, 1.165) is 0 Å². The predicted molar refractivity (Wildman–Crippen MR) is 24.0 cm³/mol. The van der Waals surface area contributed by atoms with Crippen LogP contribution in [0.4, 0.5) is 0 Å². The lowest BCUT2D eigenvalue weighted by atomic mass is 10.8. The Bertz CT molecular complexity index is 79.5. The summed E-state index contributed by atoms with van der Waals surface area (Å²) in [6.45, 7) is 2.21. The first-order valence-electron chi connectivity index (χ1n) is 1.65. The molecule has 0 saturated carbocycles. The first kappa shape index (κ1) is 5.91. The topological polar surface area (TPSA) is 46.2 Å². The lowest BCUT2D eigenvalue weighted by molar-refractivity contribution is 0.604. The van der Waals surface area contributed by atoms with Gasteiger partial charge in [0.15, 0.2) is 0 Å².